The normalized spacial score (nSPS) is 11.8. The number of nitrogens with one attached hydrogen (secondary N) is 1. The standard InChI is InChI=1S/C18H20BrN3O5S/c1-12-8-15(5-7-17(12)27-3)28(25,26)22(2)11-18(24)21-20-10-13-9-14(19)4-6-16(13)23/h4-10,23H,11H2,1-3H3,(H,21,24)/b20-10+. The van der Waals surface area contributed by atoms with Crippen LogP contribution in [0.5, 0.6) is 11.5 Å². The van der Waals surface area contributed by atoms with Crippen LogP contribution < -0.4 is 10.2 Å². The van der Waals surface area contributed by atoms with E-state index in [-0.39, 0.29) is 10.6 Å². The van der Waals surface area contributed by atoms with Gasteiger partial charge in [0, 0.05) is 17.1 Å². The second-order valence-corrected chi connectivity index (χ2v) is 8.85. The van der Waals surface area contributed by atoms with E-state index in [2.05, 4.69) is 26.5 Å². The molecule has 0 aliphatic carbocycles. The number of nitrogens with zero attached hydrogens (tertiary/aromatic N) is 2. The third-order valence-electron chi connectivity index (χ3n) is 3.82. The molecule has 1 amide bonds. The van der Waals surface area contributed by atoms with E-state index in [0.717, 1.165) is 8.78 Å². The van der Waals surface area contributed by atoms with Crippen molar-refractivity contribution >= 4 is 38.1 Å². The number of halogens is 1. The molecule has 2 rings (SSSR count). The number of aromatic hydroxyl groups is 1. The van der Waals surface area contributed by atoms with E-state index < -0.39 is 22.5 Å². The fourth-order valence-electron chi connectivity index (χ4n) is 2.32. The number of hydrazone groups is 1. The summed E-state index contributed by atoms with van der Waals surface area (Å²) >= 11 is 3.27. The number of sulfonamides is 1. The molecule has 0 heterocycles. The zero-order valence-electron chi connectivity index (χ0n) is 15.5. The smallest absolute Gasteiger partial charge is 0.255 e. The number of rotatable bonds is 7. The first kappa shape index (κ1) is 21.9. The summed E-state index contributed by atoms with van der Waals surface area (Å²) < 4.78 is 32.0. The lowest BCUT2D eigenvalue weighted by Gasteiger charge is -2.17. The molecule has 2 aromatic carbocycles. The second kappa shape index (κ2) is 9.18. The number of phenolic OH excluding ortho intramolecular Hbond substituents is 1. The SMILES string of the molecule is COc1ccc(S(=O)(=O)N(C)CC(=O)N/N=C/c2cc(Br)ccc2O)cc1C. The van der Waals surface area contributed by atoms with Gasteiger partial charge in [-0.1, -0.05) is 15.9 Å². The Bertz CT molecular complexity index is 1010. The number of benzene rings is 2. The maximum Gasteiger partial charge on any atom is 0.255 e. The number of hydrogen-bond donors (Lipinski definition) is 2. The largest absolute Gasteiger partial charge is 0.507 e. The summed E-state index contributed by atoms with van der Waals surface area (Å²) in [6, 6.07) is 9.22. The number of carbonyl (C=O) groups is 1. The van der Waals surface area contributed by atoms with E-state index in [9.17, 15) is 18.3 Å². The van der Waals surface area contributed by atoms with Crippen LogP contribution in [0.4, 0.5) is 0 Å². The molecular formula is C18H20BrN3O5S. The van der Waals surface area contributed by atoms with Gasteiger partial charge in [0.05, 0.1) is 24.8 Å². The highest BCUT2D eigenvalue weighted by molar-refractivity contribution is 9.10. The van der Waals surface area contributed by atoms with Gasteiger partial charge in [0.25, 0.3) is 5.91 Å². The summed E-state index contributed by atoms with van der Waals surface area (Å²) in [6.45, 7) is 1.31. The molecule has 10 heteroatoms. The predicted octanol–water partition coefficient (Wildman–Crippen LogP) is 2.24. The molecule has 0 aliphatic heterocycles. The topological polar surface area (TPSA) is 108 Å². The predicted molar refractivity (Wildman–Crippen MR) is 109 cm³/mol. The van der Waals surface area contributed by atoms with Gasteiger partial charge >= 0.3 is 0 Å². The fourth-order valence-corrected chi connectivity index (χ4v) is 3.91. The van der Waals surface area contributed by atoms with E-state index >= 15 is 0 Å². The van der Waals surface area contributed by atoms with Crippen LogP contribution >= 0.6 is 15.9 Å². The zero-order valence-corrected chi connectivity index (χ0v) is 17.9. The summed E-state index contributed by atoms with van der Waals surface area (Å²) in [4.78, 5) is 12.1. The molecule has 0 aromatic heterocycles. The molecule has 0 saturated heterocycles. The Kier molecular flexibility index (Phi) is 7.17. The van der Waals surface area contributed by atoms with Gasteiger partial charge in [0.1, 0.15) is 11.5 Å². The van der Waals surface area contributed by atoms with E-state index in [1.165, 1.54) is 38.6 Å². The van der Waals surface area contributed by atoms with Gasteiger partial charge in [0.2, 0.25) is 10.0 Å². The van der Waals surface area contributed by atoms with Crippen molar-refractivity contribution in [3.63, 3.8) is 0 Å². The average Bonchev–Trinajstić information content (AvgIpc) is 2.64. The molecule has 2 N–H and O–H groups in total. The molecule has 2 aromatic rings. The Labute approximate surface area is 172 Å². The molecule has 0 fully saturated rings. The van der Waals surface area contributed by atoms with E-state index in [4.69, 9.17) is 4.74 Å². The van der Waals surface area contributed by atoms with Crippen molar-refractivity contribution in [1.82, 2.24) is 9.73 Å². The van der Waals surface area contributed by atoms with Crippen molar-refractivity contribution < 1.29 is 23.1 Å². The molecule has 28 heavy (non-hydrogen) atoms. The van der Waals surface area contributed by atoms with Gasteiger partial charge in [-0.05, 0) is 48.9 Å². The Morgan fingerprint density at radius 3 is 2.68 bits per heavy atom. The number of carbonyl (C=O) groups excluding carboxylic acids is 1. The lowest BCUT2D eigenvalue weighted by atomic mass is 10.2. The van der Waals surface area contributed by atoms with Gasteiger partial charge in [0.15, 0.2) is 0 Å². The minimum atomic E-state index is -3.85. The van der Waals surface area contributed by atoms with Gasteiger partial charge < -0.3 is 9.84 Å². The number of likely N-dealkylation sites (N-methyl/N-ethyl adjacent to an activating group) is 1. The van der Waals surface area contributed by atoms with Crippen LogP contribution in [0.15, 0.2) is 50.9 Å². The minimum Gasteiger partial charge on any atom is -0.507 e. The monoisotopic (exact) mass is 469 g/mol. The lowest BCUT2D eigenvalue weighted by molar-refractivity contribution is -0.121. The minimum absolute atomic E-state index is 0.00392. The first-order chi connectivity index (χ1) is 13.1. The second-order valence-electron chi connectivity index (χ2n) is 5.89. The van der Waals surface area contributed by atoms with Gasteiger partial charge in [-0.15, -0.1) is 0 Å². The number of aryl methyl sites for hydroxylation is 1. The van der Waals surface area contributed by atoms with Crippen molar-refractivity contribution in [2.75, 3.05) is 20.7 Å². The van der Waals surface area contributed by atoms with Gasteiger partial charge in [-0.25, -0.2) is 13.8 Å². The summed E-state index contributed by atoms with van der Waals surface area (Å²) in [5.41, 5.74) is 3.30. The van der Waals surface area contributed by atoms with Crippen molar-refractivity contribution in [3.05, 3.63) is 52.0 Å². The van der Waals surface area contributed by atoms with Crippen LogP contribution in [-0.4, -0.2) is 50.7 Å². The van der Waals surface area contributed by atoms with Crippen molar-refractivity contribution in [1.29, 1.82) is 0 Å². The number of ether oxygens (including phenoxy) is 1. The van der Waals surface area contributed by atoms with E-state index in [0.29, 0.717) is 16.9 Å². The molecule has 0 saturated carbocycles. The maximum atomic E-state index is 12.6. The first-order valence-electron chi connectivity index (χ1n) is 8.06. The van der Waals surface area contributed by atoms with Crippen LogP contribution in [0.25, 0.3) is 0 Å². The Morgan fingerprint density at radius 2 is 2.04 bits per heavy atom. The quantitative estimate of drug-likeness (QED) is 0.477. The van der Waals surface area contributed by atoms with Crippen molar-refractivity contribution in [3.8, 4) is 11.5 Å². The molecule has 0 spiro atoms. The van der Waals surface area contributed by atoms with E-state index in [1.54, 1.807) is 25.1 Å². The zero-order chi connectivity index (χ0) is 20.9. The molecule has 0 unspecified atom stereocenters. The average molecular weight is 470 g/mol. The third kappa shape index (κ3) is 5.31. The maximum absolute atomic E-state index is 12.6. The first-order valence-corrected chi connectivity index (χ1v) is 10.3. The van der Waals surface area contributed by atoms with Crippen LogP contribution in [0.1, 0.15) is 11.1 Å². The fraction of sp³-hybridized carbons (Fsp3) is 0.222. The molecule has 0 bridgehead atoms. The lowest BCUT2D eigenvalue weighted by Crippen LogP contribution is -2.36. The highest BCUT2D eigenvalue weighted by Crippen LogP contribution is 2.23. The van der Waals surface area contributed by atoms with Crippen LogP contribution in [0.2, 0.25) is 0 Å². The van der Waals surface area contributed by atoms with Crippen LogP contribution in [-0.2, 0) is 14.8 Å². The van der Waals surface area contributed by atoms with E-state index in [1.807, 2.05) is 0 Å². The Morgan fingerprint density at radius 1 is 1.32 bits per heavy atom. The van der Waals surface area contributed by atoms with Crippen LogP contribution in [0, 0.1) is 6.92 Å². The summed E-state index contributed by atoms with van der Waals surface area (Å²) in [6.07, 6.45) is 1.26. The summed E-state index contributed by atoms with van der Waals surface area (Å²) in [5, 5.41) is 13.5. The number of phenols is 1. The van der Waals surface area contributed by atoms with Gasteiger partial charge in [-0.2, -0.15) is 9.41 Å². The van der Waals surface area contributed by atoms with Crippen LogP contribution in [0.3, 0.4) is 0 Å². The summed E-state index contributed by atoms with van der Waals surface area (Å²) in [5.74, 6) is -0.0534. The molecule has 0 radical (unpaired) electrons. The van der Waals surface area contributed by atoms with Crippen molar-refractivity contribution in [2.24, 2.45) is 5.10 Å². The highest BCUT2D eigenvalue weighted by atomic mass is 79.9. The number of methoxy groups -OCH3 is 1. The molecule has 0 aliphatic rings. The summed E-state index contributed by atoms with van der Waals surface area (Å²) in [7, 11) is -1.05. The number of amides is 1. The molecule has 0 atom stereocenters. The Balaban J connectivity index is 2.03. The third-order valence-corrected chi connectivity index (χ3v) is 6.12. The number of hydrogen-bond acceptors (Lipinski definition) is 6. The Hall–Kier alpha value is -2.43. The molecule has 8 nitrogen and oxygen atoms in total. The van der Waals surface area contributed by atoms with Crippen molar-refractivity contribution in [2.45, 2.75) is 11.8 Å². The highest BCUT2D eigenvalue weighted by Gasteiger charge is 2.23. The molecular weight excluding hydrogens is 450 g/mol. The van der Waals surface area contributed by atoms with Gasteiger partial charge in [-0.3, -0.25) is 4.79 Å². The molecule has 150 valence electrons.